The molecular formula is C22H24FNO4. The molecule has 0 radical (unpaired) electrons. The van der Waals surface area contributed by atoms with E-state index in [0.29, 0.717) is 34.2 Å². The van der Waals surface area contributed by atoms with E-state index in [0.717, 1.165) is 0 Å². The summed E-state index contributed by atoms with van der Waals surface area (Å²) in [6.45, 7) is 1.44. The van der Waals surface area contributed by atoms with Crippen LogP contribution in [0.5, 0.6) is 5.75 Å². The number of fused-ring (bicyclic) bond motifs is 1. The summed E-state index contributed by atoms with van der Waals surface area (Å²) in [5.74, 6) is 0.214. The molecule has 5 nitrogen and oxygen atoms in total. The van der Waals surface area contributed by atoms with Crippen molar-refractivity contribution in [1.82, 2.24) is 4.57 Å². The zero-order chi connectivity index (χ0) is 20.3. The van der Waals surface area contributed by atoms with Crippen molar-refractivity contribution >= 4 is 10.9 Å². The second kappa shape index (κ2) is 8.54. The molecule has 148 valence electrons. The fourth-order valence-electron chi connectivity index (χ4n) is 3.48. The van der Waals surface area contributed by atoms with Crippen molar-refractivity contribution < 1.29 is 19.3 Å². The molecule has 1 heterocycles. The molecule has 0 unspecified atom stereocenters. The van der Waals surface area contributed by atoms with E-state index < -0.39 is 6.61 Å². The molecule has 3 rings (SSSR count). The molecule has 28 heavy (non-hydrogen) atoms. The van der Waals surface area contributed by atoms with Crippen molar-refractivity contribution in [3.63, 3.8) is 0 Å². The van der Waals surface area contributed by atoms with Gasteiger partial charge < -0.3 is 19.5 Å². The Morgan fingerprint density at radius 3 is 2.50 bits per heavy atom. The van der Waals surface area contributed by atoms with Crippen LogP contribution in [-0.4, -0.2) is 28.5 Å². The van der Waals surface area contributed by atoms with Gasteiger partial charge in [-0.25, -0.2) is 4.39 Å². The van der Waals surface area contributed by atoms with Crippen LogP contribution >= 0.6 is 0 Å². The van der Waals surface area contributed by atoms with Crippen LogP contribution in [0.25, 0.3) is 10.9 Å². The van der Waals surface area contributed by atoms with Gasteiger partial charge in [0.05, 0.1) is 31.9 Å². The Hall–Kier alpha value is -2.70. The minimum absolute atomic E-state index is 0.0986. The zero-order valence-corrected chi connectivity index (χ0v) is 16.0. The fourth-order valence-corrected chi connectivity index (χ4v) is 3.48. The molecule has 0 aliphatic carbocycles. The van der Waals surface area contributed by atoms with Crippen LogP contribution in [0.4, 0.5) is 4.39 Å². The van der Waals surface area contributed by atoms with Gasteiger partial charge in [-0.1, -0.05) is 25.1 Å². The molecule has 1 atom stereocenters. The molecule has 0 bridgehead atoms. The Bertz CT molecular complexity index is 1040. The third-order valence-corrected chi connectivity index (χ3v) is 5.09. The first-order chi connectivity index (χ1) is 13.5. The predicted molar refractivity (Wildman–Crippen MR) is 106 cm³/mol. The first kappa shape index (κ1) is 20.0. The Kier molecular flexibility index (Phi) is 6.11. The maximum absolute atomic E-state index is 14.1. The predicted octanol–water partition coefficient (Wildman–Crippen LogP) is 3.18. The molecule has 0 saturated heterocycles. The van der Waals surface area contributed by atoms with Gasteiger partial charge in [-0.3, -0.25) is 4.79 Å². The Morgan fingerprint density at radius 1 is 1.14 bits per heavy atom. The normalized spacial score (nSPS) is 12.3. The molecule has 2 N–H and O–H groups in total. The molecule has 0 aliphatic rings. The highest BCUT2D eigenvalue weighted by molar-refractivity contribution is 5.83. The lowest BCUT2D eigenvalue weighted by atomic mass is 10.00. The Morgan fingerprint density at radius 2 is 1.89 bits per heavy atom. The van der Waals surface area contributed by atoms with Gasteiger partial charge in [0.15, 0.2) is 5.43 Å². The highest BCUT2D eigenvalue weighted by atomic mass is 19.1. The molecule has 0 spiro atoms. The van der Waals surface area contributed by atoms with Crippen molar-refractivity contribution in [1.29, 1.82) is 0 Å². The molecule has 0 saturated carbocycles. The van der Waals surface area contributed by atoms with E-state index in [-0.39, 0.29) is 35.9 Å². The van der Waals surface area contributed by atoms with Crippen molar-refractivity contribution in [2.45, 2.75) is 32.4 Å². The molecule has 0 fully saturated rings. The number of aromatic nitrogens is 1. The molecule has 6 heteroatoms. The molecule has 3 aromatic rings. The monoisotopic (exact) mass is 385 g/mol. The number of hydrogen-bond donors (Lipinski definition) is 2. The summed E-state index contributed by atoms with van der Waals surface area (Å²) < 4.78 is 21.4. The van der Waals surface area contributed by atoms with E-state index >= 15 is 0 Å². The summed E-state index contributed by atoms with van der Waals surface area (Å²) in [4.78, 5) is 12.8. The summed E-state index contributed by atoms with van der Waals surface area (Å²) in [5.41, 5.74) is 1.76. The van der Waals surface area contributed by atoms with Crippen LogP contribution in [0.1, 0.15) is 36.1 Å². The maximum Gasteiger partial charge on any atom is 0.194 e. The van der Waals surface area contributed by atoms with Gasteiger partial charge in [-0.05, 0) is 29.7 Å². The van der Waals surface area contributed by atoms with Gasteiger partial charge in [-0.15, -0.1) is 0 Å². The van der Waals surface area contributed by atoms with Crippen molar-refractivity contribution in [2.24, 2.45) is 0 Å². The number of hydrogen-bond acceptors (Lipinski definition) is 4. The number of aliphatic hydroxyl groups excluding tert-OH is 2. The number of aliphatic hydroxyl groups is 2. The van der Waals surface area contributed by atoms with Gasteiger partial charge in [0.1, 0.15) is 11.6 Å². The molecule has 0 aliphatic heterocycles. The first-order valence-corrected chi connectivity index (χ1v) is 9.23. The fraction of sp³-hybridized carbons (Fsp3) is 0.318. The minimum atomic E-state index is -0.398. The SMILES string of the molecule is CC[C@@H](CO)n1cc(CO)c(=O)c2cc(Cc3ccccc3F)c(OC)cc21. The van der Waals surface area contributed by atoms with E-state index in [1.54, 1.807) is 41.1 Å². The summed E-state index contributed by atoms with van der Waals surface area (Å²) >= 11 is 0. The summed E-state index contributed by atoms with van der Waals surface area (Å²) in [6, 6.07) is 9.68. The number of methoxy groups -OCH3 is 1. The first-order valence-electron chi connectivity index (χ1n) is 9.23. The second-order valence-corrected chi connectivity index (χ2v) is 6.74. The third-order valence-electron chi connectivity index (χ3n) is 5.09. The summed E-state index contributed by atoms with van der Waals surface area (Å²) in [6.07, 6.45) is 2.51. The zero-order valence-electron chi connectivity index (χ0n) is 16.0. The summed E-state index contributed by atoms with van der Waals surface area (Å²) in [5, 5.41) is 19.8. The van der Waals surface area contributed by atoms with Crippen LogP contribution in [0.15, 0.2) is 47.4 Å². The van der Waals surface area contributed by atoms with Crippen LogP contribution in [0.2, 0.25) is 0 Å². The number of halogens is 1. The molecule has 2 aromatic carbocycles. The van der Waals surface area contributed by atoms with Crippen LogP contribution in [-0.2, 0) is 13.0 Å². The standard InChI is InChI=1S/C22H24FNO4/c1-3-17(13-26)24-11-16(12-25)22(27)18-9-15(21(28-2)10-20(18)24)8-14-6-4-5-7-19(14)23/h4-7,9-11,17,25-26H,3,8,12-13H2,1-2H3/t17-/m0/s1. The number of rotatable bonds is 7. The highest BCUT2D eigenvalue weighted by Crippen LogP contribution is 2.29. The van der Waals surface area contributed by atoms with Gasteiger partial charge >= 0.3 is 0 Å². The van der Waals surface area contributed by atoms with E-state index in [9.17, 15) is 19.4 Å². The Labute approximate surface area is 162 Å². The lowest BCUT2D eigenvalue weighted by Crippen LogP contribution is -2.20. The van der Waals surface area contributed by atoms with Crippen molar-refractivity contribution in [3.8, 4) is 5.75 Å². The van der Waals surface area contributed by atoms with E-state index in [4.69, 9.17) is 4.74 Å². The smallest absolute Gasteiger partial charge is 0.194 e. The van der Waals surface area contributed by atoms with Gasteiger partial charge in [0.2, 0.25) is 0 Å². The topological polar surface area (TPSA) is 71.7 Å². The van der Waals surface area contributed by atoms with Crippen LogP contribution < -0.4 is 10.2 Å². The molecule has 0 amide bonds. The summed E-state index contributed by atoms with van der Waals surface area (Å²) in [7, 11) is 1.53. The Balaban J connectivity index is 2.26. The molecule has 1 aromatic heterocycles. The number of ether oxygens (including phenoxy) is 1. The van der Waals surface area contributed by atoms with Crippen molar-refractivity contribution in [2.75, 3.05) is 13.7 Å². The van der Waals surface area contributed by atoms with Gasteiger partial charge in [-0.2, -0.15) is 0 Å². The van der Waals surface area contributed by atoms with Crippen LogP contribution in [0.3, 0.4) is 0 Å². The van der Waals surface area contributed by atoms with E-state index in [2.05, 4.69) is 0 Å². The lowest BCUT2D eigenvalue weighted by Gasteiger charge is -2.22. The largest absolute Gasteiger partial charge is 0.496 e. The number of nitrogens with zero attached hydrogens (tertiary/aromatic N) is 1. The molecular weight excluding hydrogens is 361 g/mol. The average molecular weight is 385 g/mol. The number of pyridine rings is 1. The van der Waals surface area contributed by atoms with Gasteiger partial charge in [0.25, 0.3) is 0 Å². The van der Waals surface area contributed by atoms with E-state index in [1.165, 1.54) is 13.2 Å². The number of benzene rings is 2. The average Bonchev–Trinajstić information content (AvgIpc) is 2.72. The lowest BCUT2D eigenvalue weighted by molar-refractivity contribution is 0.225. The minimum Gasteiger partial charge on any atom is -0.496 e. The van der Waals surface area contributed by atoms with Gasteiger partial charge in [0, 0.05) is 29.6 Å². The quantitative estimate of drug-likeness (QED) is 0.655. The highest BCUT2D eigenvalue weighted by Gasteiger charge is 2.18. The third kappa shape index (κ3) is 3.66. The maximum atomic E-state index is 14.1. The van der Waals surface area contributed by atoms with Crippen molar-refractivity contribution in [3.05, 3.63) is 75.3 Å². The second-order valence-electron chi connectivity index (χ2n) is 6.74. The van der Waals surface area contributed by atoms with Crippen LogP contribution in [0, 0.1) is 5.82 Å². The van der Waals surface area contributed by atoms with E-state index in [1.807, 2.05) is 6.92 Å².